The lowest BCUT2D eigenvalue weighted by Gasteiger charge is -2.29. The number of aromatic nitrogens is 1. The molecule has 1 N–H and O–H groups in total. The Morgan fingerprint density at radius 1 is 1.02 bits per heavy atom. The quantitative estimate of drug-likeness (QED) is 0.450. The van der Waals surface area contributed by atoms with Gasteiger partial charge in [0, 0.05) is 68.4 Å². The molecule has 10 heteroatoms. The molecule has 1 aromatic heterocycles. The van der Waals surface area contributed by atoms with Crippen molar-refractivity contribution in [1.29, 1.82) is 0 Å². The molecule has 9 nitrogen and oxygen atoms in total. The summed E-state index contributed by atoms with van der Waals surface area (Å²) in [5.41, 5.74) is 3.66. The maximum Gasteiger partial charge on any atom is 0.255 e. The number of hydrogen-bond donors (Lipinski definition) is 1. The van der Waals surface area contributed by atoms with Crippen LogP contribution in [-0.4, -0.2) is 71.0 Å². The number of rotatable bonds is 6. The Morgan fingerprint density at radius 2 is 1.88 bits per heavy atom. The predicted octanol–water partition coefficient (Wildman–Crippen LogP) is 3.68. The number of halogens is 1. The number of nitrogens with one attached hydrogen (secondary N) is 1. The molecule has 2 unspecified atom stereocenters. The highest BCUT2D eigenvalue weighted by Gasteiger charge is 2.39. The Bertz CT molecular complexity index is 1570. The first kappa shape index (κ1) is 27.0. The maximum atomic E-state index is 15.2. The van der Waals surface area contributed by atoms with Crippen LogP contribution in [0.2, 0.25) is 0 Å². The Morgan fingerprint density at radius 3 is 2.71 bits per heavy atom. The molecular formula is C32H33FN4O5. The molecule has 0 bridgehead atoms. The van der Waals surface area contributed by atoms with Gasteiger partial charge < -0.3 is 14.4 Å². The van der Waals surface area contributed by atoms with Crippen LogP contribution in [0.4, 0.5) is 4.39 Å². The fraction of sp³-hybridized carbons (Fsp3) is 0.438. The number of hydrogen-bond acceptors (Lipinski definition) is 7. The van der Waals surface area contributed by atoms with Gasteiger partial charge >= 0.3 is 0 Å². The molecule has 0 aliphatic carbocycles. The van der Waals surface area contributed by atoms with Gasteiger partial charge in [0.05, 0.1) is 0 Å². The van der Waals surface area contributed by atoms with E-state index in [0.29, 0.717) is 48.8 Å². The molecule has 0 radical (unpaired) electrons. The lowest BCUT2D eigenvalue weighted by Crippen LogP contribution is -2.52. The molecule has 3 fully saturated rings. The van der Waals surface area contributed by atoms with Gasteiger partial charge in [-0.05, 0) is 73.2 Å². The van der Waals surface area contributed by atoms with Crippen LogP contribution in [0.15, 0.2) is 42.5 Å². The van der Waals surface area contributed by atoms with E-state index in [-0.39, 0.29) is 30.2 Å². The van der Waals surface area contributed by atoms with E-state index < -0.39 is 11.9 Å². The molecule has 3 aromatic rings. The molecule has 3 saturated heterocycles. The van der Waals surface area contributed by atoms with Crippen molar-refractivity contribution >= 4 is 28.6 Å². The van der Waals surface area contributed by atoms with E-state index in [0.717, 1.165) is 61.2 Å². The molecule has 5 heterocycles. The fourth-order valence-electron chi connectivity index (χ4n) is 6.69. The summed E-state index contributed by atoms with van der Waals surface area (Å²) >= 11 is 0. The van der Waals surface area contributed by atoms with Gasteiger partial charge in [0.2, 0.25) is 11.8 Å². The second-order valence-corrected chi connectivity index (χ2v) is 11.8. The largest absolute Gasteiger partial charge is 0.489 e. The summed E-state index contributed by atoms with van der Waals surface area (Å²) in [6, 6.07) is 12.4. The smallest absolute Gasteiger partial charge is 0.255 e. The third-order valence-corrected chi connectivity index (χ3v) is 8.90. The van der Waals surface area contributed by atoms with Gasteiger partial charge in [-0.3, -0.25) is 24.6 Å². The Labute approximate surface area is 243 Å². The van der Waals surface area contributed by atoms with Crippen molar-refractivity contribution in [3.8, 4) is 5.75 Å². The Balaban J connectivity index is 0.977. The van der Waals surface area contributed by atoms with Crippen molar-refractivity contribution in [2.24, 2.45) is 0 Å². The average molecular weight is 573 g/mol. The summed E-state index contributed by atoms with van der Waals surface area (Å²) in [7, 11) is 0. The minimum atomic E-state index is -0.639. The highest BCUT2D eigenvalue weighted by atomic mass is 19.1. The first-order valence-electron chi connectivity index (χ1n) is 14.7. The summed E-state index contributed by atoms with van der Waals surface area (Å²) in [4.78, 5) is 45.3. The molecule has 42 heavy (non-hydrogen) atoms. The Hall–Kier alpha value is -3.89. The van der Waals surface area contributed by atoms with Crippen LogP contribution in [0.3, 0.4) is 0 Å². The number of piperidine rings is 1. The number of carbonyl (C=O) groups is 3. The third kappa shape index (κ3) is 5.25. The number of benzene rings is 2. The third-order valence-electron chi connectivity index (χ3n) is 8.90. The van der Waals surface area contributed by atoms with E-state index in [9.17, 15) is 14.4 Å². The SMILES string of the molecule is O=C1CCC(N2Cc3cc(OC4CCN(Cc5cc(F)c6nc(C7CCOCC7)ccc6c5)C4)ccc3C2=O)C(=O)N1. The van der Waals surface area contributed by atoms with E-state index in [4.69, 9.17) is 9.47 Å². The van der Waals surface area contributed by atoms with Crippen LogP contribution in [0.25, 0.3) is 10.9 Å². The van der Waals surface area contributed by atoms with Gasteiger partial charge in [-0.1, -0.05) is 6.07 Å². The van der Waals surface area contributed by atoms with Gasteiger partial charge in [0.1, 0.15) is 29.2 Å². The van der Waals surface area contributed by atoms with E-state index in [2.05, 4.69) is 15.2 Å². The summed E-state index contributed by atoms with van der Waals surface area (Å²) in [6.45, 7) is 3.92. The standard InChI is InChI=1S/C32H33FN4O5/c33-26-14-19(13-21-1-4-27(34-30(21)26)20-8-11-41-12-9-20)16-36-10-7-24(18-36)42-23-2-3-25-22(15-23)17-37(32(25)40)28-5-6-29(38)35-31(28)39/h1-4,13-15,20,24,28H,5-12,16-18H2,(H,35,38,39). The summed E-state index contributed by atoms with van der Waals surface area (Å²) < 4.78 is 26.9. The zero-order valence-corrected chi connectivity index (χ0v) is 23.3. The van der Waals surface area contributed by atoms with Gasteiger partial charge in [-0.2, -0.15) is 0 Å². The predicted molar refractivity (Wildman–Crippen MR) is 151 cm³/mol. The van der Waals surface area contributed by atoms with Crippen molar-refractivity contribution < 1.29 is 28.2 Å². The highest BCUT2D eigenvalue weighted by molar-refractivity contribution is 6.05. The zero-order chi connectivity index (χ0) is 28.8. The molecule has 7 rings (SSSR count). The van der Waals surface area contributed by atoms with Crippen LogP contribution in [0.5, 0.6) is 5.75 Å². The summed E-state index contributed by atoms with van der Waals surface area (Å²) in [6.07, 6.45) is 3.20. The van der Waals surface area contributed by atoms with Crippen molar-refractivity contribution in [3.05, 3.63) is 70.7 Å². The topological polar surface area (TPSA) is 101 Å². The van der Waals surface area contributed by atoms with Crippen LogP contribution in [-0.2, 0) is 27.4 Å². The Kier molecular flexibility index (Phi) is 7.11. The van der Waals surface area contributed by atoms with Crippen LogP contribution >= 0.6 is 0 Å². The monoisotopic (exact) mass is 572 g/mol. The minimum Gasteiger partial charge on any atom is -0.489 e. The van der Waals surface area contributed by atoms with E-state index >= 15 is 4.39 Å². The molecule has 2 atom stereocenters. The second kappa shape index (κ2) is 11.1. The summed E-state index contributed by atoms with van der Waals surface area (Å²) in [5, 5.41) is 3.14. The second-order valence-electron chi connectivity index (χ2n) is 11.8. The lowest BCUT2D eigenvalue weighted by molar-refractivity contribution is -0.136. The fourth-order valence-corrected chi connectivity index (χ4v) is 6.69. The minimum absolute atomic E-state index is 0.0274. The van der Waals surface area contributed by atoms with E-state index in [1.165, 1.54) is 4.90 Å². The number of imide groups is 1. The van der Waals surface area contributed by atoms with Crippen LogP contribution in [0.1, 0.15) is 65.2 Å². The first-order chi connectivity index (χ1) is 20.4. The molecule has 3 amide bonds. The van der Waals surface area contributed by atoms with Crippen LogP contribution in [0, 0.1) is 5.82 Å². The summed E-state index contributed by atoms with van der Waals surface area (Å²) in [5.74, 6) is -0.208. The zero-order valence-electron chi connectivity index (χ0n) is 23.3. The number of amides is 3. The number of carbonyl (C=O) groups excluding carboxylic acids is 3. The molecule has 4 aliphatic heterocycles. The van der Waals surface area contributed by atoms with Gasteiger partial charge in [0.25, 0.3) is 5.91 Å². The van der Waals surface area contributed by atoms with Gasteiger partial charge in [-0.25, -0.2) is 9.37 Å². The lowest BCUT2D eigenvalue weighted by atomic mass is 9.95. The van der Waals surface area contributed by atoms with E-state index in [1.54, 1.807) is 18.2 Å². The number of fused-ring (bicyclic) bond motifs is 2. The highest BCUT2D eigenvalue weighted by Crippen LogP contribution is 2.32. The average Bonchev–Trinajstić information content (AvgIpc) is 3.56. The van der Waals surface area contributed by atoms with Crippen LogP contribution < -0.4 is 10.1 Å². The van der Waals surface area contributed by atoms with Crippen molar-refractivity contribution in [2.75, 3.05) is 26.3 Å². The van der Waals surface area contributed by atoms with E-state index in [1.807, 2.05) is 24.3 Å². The van der Waals surface area contributed by atoms with Crippen molar-refractivity contribution in [3.63, 3.8) is 0 Å². The number of pyridine rings is 1. The normalized spacial score (nSPS) is 23.5. The van der Waals surface area contributed by atoms with Crippen molar-refractivity contribution in [2.45, 2.75) is 63.3 Å². The first-order valence-corrected chi connectivity index (χ1v) is 14.7. The number of nitrogens with zero attached hydrogens (tertiary/aromatic N) is 3. The van der Waals surface area contributed by atoms with Crippen molar-refractivity contribution in [1.82, 2.24) is 20.1 Å². The molecule has 0 saturated carbocycles. The number of ether oxygens (including phenoxy) is 2. The van der Waals surface area contributed by atoms with Gasteiger partial charge in [-0.15, -0.1) is 0 Å². The molecule has 218 valence electrons. The van der Waals surface area contributed by atoms with Gasteiger partial charge in [0.15, 0.2) is 0 Å². The maximum absolute atomic E-state index is 15.2. The number of likely N-dealkylation sites (tertiary alicyclic amines) is 1. The molecule has 2 aromatic carbocycles. The molecule has 4 aliphatic rings. The molecular weight excluding hydrogens is 539 g/mol. The molecule has 0 spiro atoms.